The molecule has 22 heavy (non-hydrogen) atoms. The molecule has 0 spiro atoms. The molecule has 2 heterocycles. The predicted molar refractivity (Wildman–Crippen MR) is 81.7 cm³/mol. The summed E-state index contributed by atoms with van der Waals surface area (Å²) in [5.74, 6) is 0.491. The quantitative estimate of drug-likeness (QED) is 0.744. The summed E-state index contributed by atoms with van der Waals surface area (Å²) in [6.45, 7) is 0. The first kappa shape index (κ1) is 13.2. The van der Waals surface area contributed by atoms with E-state index in [2.05, 4.69) is 15.4 Å². The van der Waals surface area contributed by atoms with Gasteiger partial charge in [0, 0.05) is 5.92 Å². The summed E-state index contributed by atoms with van der Waals surface area (Å²) < 4.78 is 2.78. The normalized spacial score (nSPS) is 14.2. The van der Waals surface area contributed by atoms with E-state index in [4.69, 9.17) is 11.6 Å². The fraction of sp³-hybridized carbons (Fsp3) is 0.200. The highest BCUT2D eigenvalue weighted by atomic mass is 35.5. The largest absolute Gasteiger partial charge is 0.292 e. The molecule has 0 saturated heterocycles. The molecule has 1 aromatic carbocycles. The third kappa shape index (κ3) is 2.21. The van der Waals surface area contributed by atoms with Gasteiger partial charge in [0.2, 0.25) is 0 Å². The summed E-state index contributed by atoms with van der Waals surface area (Å²) >= 11 is 6.23. The average Bonchev–Trinajstić information content (AvgIpc) is 3.29. The number of hydrogen-bond donors (Lipinski definition) is 0. The van der Waals surface area contributed by atoms with E-state index in [0.29, 0.717) is 17.3 Å². The number of rotatable bonds is 3. The van der Waals surface area contributed by atoms with Crippen molar-refractivity contribution in [3.05, 3.63) is 63.8 Å². The van der Waals surface area contributed by atoms with Crippen molar-refractivity contribution in [2.24, 2.45) is 0 Å². The monoisotopic (exact) mass is 313 g/mol. The van der Waals surface area contributed by atoms with Gasteiger partial charge in [-0.1, -0.05) is 35.0 Å². The van der Waals surface area contributed by atoms with Crippen LogP contribution < -0.4 is 5.56 Å². The molecular formula is C15H12ClN5O. The summed E-state index contributed by atoms with van der Waals surface area (Å²) in [6, 6.07) is 9.14. The van der Waals surface area contributed by atoms with E-state index < -0.39 is 0 Å². The van der Waals surface area contributed by atoms with Crippen LogP contribution in [-0.2, 0) is 0 Å². The highest BCUT2D eigenvalue weighted by Gasteiger charge is 2.27. The molecule has 0 atom stereocenters. The van der Waals surface area contributed by atoms with Crippen molar-refractivity contribution in [2.45, 2.75) is 18.8 Å². The van der Waals surface area contributed by atoms with Crippen molar-refractivity contribution in [1.82, 2.24) is 24.8 Å². The Balaban J connectivity index is 1.78. The number of hydrogen-bond acceptors (Lipinski definition) is 4. The van der Waals surface area contributed by atoms with Crippen molar-refractivity contribution >= 4 is 11.6 Å². The van der Waals surface area contributed by atoms with Crippen molar-refractivity contribution < 1.29 is 0 Å². The minimum Gasteiger partial charge on any atom is -0.266 e. The summed E-state index contributed by atoms with van der Waals surface area (Å²) in [6.07, 6.45) is 5.62. The van der Waals surface area contributed by atoms with Crippen LogP contribution in [0.5, 0.6) is 0 Å². The van der Waals surface area contributed by atoms with E-state index in [0.717, 1.165) is 18.5 Å². The Morgan fingerprint density at radius 2 is 1.95 bits per heavy atom. The number of halogens is 1. The number of aromatic nitrogens is 5. The second-order valence-electron chi connectivity index (χ2n) is 5.26. The van der Waals surface area contributed by atoms with E-state index in [9.17, 15) is 4.79 Å². The van der Waals surface area contributed by atoms with Gasteiger partial charge in [-0.3, -0.25) is 4.79 Å². The molecule has 3 aromatic rings. The molecule has 0 amide bonds. The highest BCUT2D eigenvalue weighted by molar-refractivity contribution is 6.32. The van der Waals surface area contributed by atoms with Crippen LogP contribution in [0.3, 0.4) is 0 Å². The number of benzene rings is 1. The highest BCUT2D eigenvalue weighted by Crippen LogP contribution is 2.38. The lowest BCUT2D eigenvalue weighted by Gasteiger charge is -2.07. The lowest BCUT2D eigenvalue weighted by atomic mass is 10.3. The van der Waals surface area contributed by atoms with Gasteiger partial charge in [0.25, 0.3) is 5.56 Å². The van der Waals surface area contributed by atoms with E-state index in [1.54, 1.807) is 12.1 Å². The Bertz CT molecular complexity index is 882. The van der Waals surface area contributed by atoms with Crippen LogP contribution in [0.25, 0.3) is 11.4 Å². The minimum absolute atomic E-state index is 0.0751. The molecule has 1 aliphatic rings. The van der Waals surface area contributed by atoms with Crippen LogP contribution in [-0.4, -0.2) is 24.8 Å². The molecule has 0 unspecified atom stereocenters. The van der Waals surface area contributed by atoms with Gasteiger partial charge in [-0.05, 0) is 25.0 Å². The fourth-order valence-electron chi connectivity index (χ4n) is 2.30. The smallest absolute Gasteiger partial charge is 0.266 e. The second-order valence-corrected chi connectivity index (χ2v) is 5.64. The summed E-state index contributed by atoms with van der Waals surface area (Å²) in [7, 11) is 0. The Kier molecular flexibility index (Phi) is 3.04. The molecule has 7 heteroatoms. The van der Waals surface area contributed by atoms with Gasteiger partial charge >= 0.3 is 0 Å². The van der Waals surface area contributed by atoms with Crippen LogP contribution in [0, 0.1) is 0 Å². The molecule has 0 aliphatic heterocycles. The third-order valence-electron chi connectivity index (χ3n) is 3.65. The topological polar surface area (TPSA) is 65.6 Å². The van der Waals surface area contributed by atoms with Crippen molar-refractivity contribution in [2.75, 3.05) is 0 Å². The van der Waals surface area contributed by atoms with E-state index in [1.165, 1.54) is 15.6 Å². The van der Waals surface area contributed by atoms with Gasteiger partial charge in [0.1, 0.15) is 10.7 Å². The molecule has 0 radical (unpaired) electrons. The van der Waals surface area contributed by atoms with Gasteiger partial charge in [-0.25, -0.2) is 4.68 Å². The van der Waals surface area contributed by atoms with Gasteiger partial charge in [0.05, 0.1) is 23.8 Å². The molecule has 1 fully saturated rings. The summed E-state index contributed by atoms with van der Waals surface area (Å²) in [4.78, 5) is 12.4. The average molecular weight is 314 g/mol. The number of nitrogens with zero attached hydrogens (tertiary/aromatic N) is 5. The van der Waals surface area contributed by atoms with Crippen LogP contribution in [0.15, 0.2) is 47.5 Å². The minimum atomic E-state index is -0.381. The molecule has 0 bridgehead atoms. The Labute approximate surface area is 131 Å². The lowest BCUT2D eigenvalue weighted by Crippen LogP contribution is -2.23. The van der Waals surface area contributed by atoms with Gasteiger partial charge in [-0.2, -0.15) is 9.78 Å². The maximum Gasteiger partial charge on any atom is 0.292 e. The first-order chi connectivity index (χ1) is 10.7. The molecule has 0 N–H and O–H groups in total. The molecule has 1 aliphatic carbocycles. The van der Waals surface area contributed by atoms with Crippen LogP contribution in [0.2, 0.25) is 5.02 Å². The summed E-state index contributed by atoms with van der Waals surface area (Å²) in [5, 5.41) is 12.4. The first-order valence-electron chi connectivity index (χ1n) is 7.00. The molecule has 4 rings (SSSR count). The van der Waals surface area contributed by atoms with Gasteiger partial charge < -0.3 is 0 Å². The first-order valence-corrected chi connectivity index (χ1v) is 7.38. The zero-order valence-electron chi connectivity index (χ0n) is 11.6. The second kappa shape index (κ2) is 5.06. The van der Waals surface area contributed by atoms with Crippen molar-refractivity contribution in [1.29, 1.82) is 0 Å². The molecular weight excluding hydrogens is 302 g/mol. The molecule has 1 saturated carbocycles. The predicted octanol–water partition coefficient (Wildman–Crippen LogP) is 2.34. The Hall–Kier alpha value is -2.47. The lowest BCUT2D eigenvalue weighted by molar-refractivity contribution is 0.755. The fourth-order valence-corrected chi connectivity index (χ4v) is 2.51. The van der Waals surface area contributed by atoms with Crippen LogP contribution in [0.4, 0.5) is 0 Å². The van der Waals surface area contributed by atoms with Crippen LogP contribution >= 0.6 is 11.6 Å². The van der Waals surface area contributed by atoms with E-state index in [-0.39, 0.29) is 10.6 Å². The molecule has 6 nitrogen and oxygen atoms in total. The third-order valence-corrected chi connectivity index (χ3v) is 4.01. The maximum atomic E-state index is 12.4. The zero-order valence-corrected chi connectivity index (χ0v) is 12.3. The van der Waals surface area contributed by atoms with Crippen LogP contribution in [0.1, 0.15) is 24.5 Å². The summed E-state index contributed by atoms with van der Waals surface area (Å²) in [5.41, 5.74) is 1.66. The van der Waals surface area contributed by atoms with Crippen molar-refractivity contribution in [3.8, 4) is 11.4 Å². The number of para-hydroxylation sites is 1. The Morgan fingerprint density at radius 1 is 1.18 bits per heavy atom. The van der Waals surface area contributed by atoms with Crippen molar-refractivity contribution in [3.63, 3.8) is 0 Å². The van der Waals surface area contributed by atoms with Gasteiger partial charge in [-0.15, -0.1) is 5.10 Å². The zero-order chi connectivity index (χ0) is 15.1. The standard InChI is InChI=1S/C15H12ClN5O/c16-14-13(20-9-12(18-19-20)10-6-7-10)8-17-21(15(14)22)11-4-2-1-3-5-11/h1-5,8-10H,6-7H2. The maximum absolute atomic E-state index is 12.4. The van der Waals surface area contributed by atoms with E-state index in [1.807, 2.05) is 24.4 Å². The molecule has 2 aromatic heterocycles. The molecule has 110 valence electrons. The van der Waals surface area contributed by atoms with E-state index >= 15 is 0 Å². The Morgan fingerprint density at radius 3 is 2.68 bits per heavy atom. The SMILES string of the molecule is O=c1c(Cl)c(-n2cc(C3CC3)nn2)cnn1-c1ccccc1. The van der Waals surface area contributed by atoms with Gasteiger partial charge in [0.15, 0.2) is 0 Å².